The fourth-order valence-corrected chi connectivity index (χ4v) is 3.97. The first-order valence-electron chi connectivity index (χ1n) is 10.0. The van der Waals surface area contributed by atoms with Gasteiger partial charge in [-0.2, -0.15) is 0 Å². The van der Waals surface area contributed by atoms with Gasteiger partial charge in [-0.3, -0.25) is 4.79 Å². The zero-order valence-corrected chi connectivity index (χ0v) is 17.0. The molecule has 2 atom stereocenters. The van der Waals surface area contributed by atoms with E-state index >= 15 is 0 Å². The van der Waals surface area contributed by atoms with Crippen molar-refractivity contribution >= 4 is 40.2 Å². The number of para-hydroxylation sites is 1. The second kappa shape index (κ2) is 8.46. The van der Waals surface area contributed by atoms with Crippen molar-refractivity contribution in [3.05, 3.63) is 36.3 Å². The molecule has 0 spiro atoms. The molecule has 0 bridgehead atoms. The standard InChI is InChI=1S/C20H24N8O3/c1-28-10-22-17-13(7-4-8-15(17)28)23-14-9-16(26-27-18(14)19(21)29)24-11-5-2-3-6-12(11)25-20(30)31/h4,7-12,25H,2-3,5-6H2,1H3,(H2,21,29)(H,30,31)(H2,23,24,26)/t11-,12+/m1/s1. The Kier molecular flexibility index (Phi) is 5.56. The maximum Gasteiger partial charge on any atom is 0.404 e. The summed E-state index contributed by atoms with van der Waals surface area (Å²) in [6.07, 6.45) is 4.12. The van der Waals surface area contributed by atoms with Crippen LogP contribution in [0.5, 0.6) is 0 Å². The number of anilines is 3. The lowest BCUT2D eigenvalue weighted by molar-refractivity contribution is 0.0995. The number of fused-ring (bicyclic) bond motifs is 1. The highest BCUT2D eigenvalue weighted by molar-refractivity contribution is 5.99. The van der Waals surface area contributed by atoms with Crippen LogP contribution in [0.15, 0.2) is 30.6 Å². The number of aryl methyl sites for hydroxylation is 1. The molecule has 0 radical (unpaired) electrons. The van der Waals surface area contributed by atoms with E-state index in [1.165, 1.54) is 0 Å². The molecule has 2 amide bonds. The van der Waals surface area contributed by atoms with E-state index in [1.54, 1.807) is 12.4 Å². The third-order valence-electron chi connectivity index (χ3n) is 5.46. The van der Waals surface area contributed by atoms with Crippen LogP contribution in [-0.4, -0.2) is 48.9 Å². The topological polar surface area (TPSA) is 160 Å². The van der Waals surface area contributed by atoms with E-state index in [2.05, 4.69) is 31.1 Å². The van der Waals surface area contributed by atoms with Gasteiger partial charge in [-0.25, -0.2) is 9.78 Å². The minimum atomic E-state index is -1.06. The number of benzene rings is 1. The molecule has 0 aliphatic heterocycles. The van der Waals surface area contributed by atoms with Gasteiger partial charge >= 0.3 is 6.09 Å². The molecule has 11 heteroatoms. The van der Waals surface area contributed by atoms with Crippen molar-refractivity contribution in [2.24, 2.45) is 12.8 Å². The number of hydrogen-bond acceptors (Lipinski definition) is 7. The van der Waals surface area contributed by atoms with Crippen molar-refractivity contribution < 1.29 is 14.7 Å². The van der Waals surface area contributed by atoms with Gasteiger partial charge in [-0.1, -0.05) is 18.9 Å². The van der Waals surface area contributed by atoms with E-state index in [-0.39, 0.29) is 17.8 Å². The van der Waals surface area contributed by atoms with Crippen molar-refractivity contribution in [3.63, 3.8) is 0 Å². The van der Waals surface area contributed by atoms with E-state index in [4.69, 9.17) is 10.8 Å². The molecule has 1 aliphatic carbocycles. The minimum absolute atomic E-state index is 0.00217. The van der Waals surface area contributed by atoms with Crippen LogP contribution in [0.4, 0.5) is 22.0 Å². The van der Waals surface area contributed by atoms with Crippen molar-refractivity contribution in [2.45, 2.75) is 37.8 Å². The van der Waals surface area contributed by atoms with Gasteiger partial charge in [0.25, 0.3) is 5.91 Å². The summed E-state index contributed by atoms with van der Waals surface area (Å²) in [6, 6.07) is 6.96. The highest BCUT2D eigenvalue weighted by Crippen LogP contribution is 2.28. The minimum Gasteiger partial charge on any atom is -0.465 e. The van der Waals surface area contributed by atoms with Gasteiger partial charge in [0.05, 0.1) is 29.3 Å². The Hall–Kier alpha value is -3.89. The number of carboxylic acid groups (broad SMARTS) is 1. The first-order valence-corrected chi connectivity index (χ1v) is 10.0. The predicted octanol–water partition coefficient (Wildman–Crippen LogP) is 2.20. The normalized spacial score (nSPS) is 18.5. The molecule has 0 unspecified atom stereocenters. The number of nitrogens with two attached hydrogens (primary N) is 1. The van der Waals surface area contributed by atoms with Gasteiger partial charge in [0.15, 0.2) is 11.5 Å². The number of nitrogens with one attached hydrogen (secondary N) is 3. The second-order valence-electron chi connectivity index (χ2n) is 7.60. The molecule has 11 nitrogen and oxygen atoms in total. The van der Waals surface area contributed by atoms with Crippen molar-refractivity contribution in [3.8, 4) is 0 Å². The Morgan fingerprint density at radius 2 is 1.94 bits per heavy atom. The Balaban J connectivity index is 1.63. The van der Waals surface area contributed by atoms with Crippen molar-refractivity contribution in [2.75, 3.05) is 10.6 Å². The van der Waals surface area contributed by atoms with Crippen LogP contribution >= 0.6 is 0 Å². The fraction of sp³-hybridized carbons (Fsp3) is 0.350. The average Bonchev–Trinajstić information content (AvgIpc) is 3.11. The summed E-state index contributed by atoms with van der Waals surface area (Å²) in [5.74, 6) is -0.289. The summed E-state index contributed by atoms with van der Waals surface area (Å²) in [4.78, 5) is 27.4. The lowest BCUT2D eigenvalue weighted by atomic mass is 9.90. The maximum absolute atomic E-state index is 11.9. The van der Waals surface area contributed by atoms with Crippen molar-refractivity contribution in [1.29, 1.82) is 0 Å². The van der Waals surface area contributed by atoms with Gasteiger partial charge in [0.1, 0.15) is 5.52 Å². The number of rotatable bonds is 6. The van der Waals surface area contributed by atoms with Gasteiger partial charge in [0, 0.05) is 19.2 Å². The number of carbonyl (C=O) groups is 2. The van der Waals surface area contributed by atoms with E-state index in [0.29, 0.717) is 17.2 Å². The molecule has 31 heavy (non-hydrogen) atoms. The predicted molar refractivity (Wildman–Crippen MR) is 115 cm³/mol. The van der Waals surface area contributed by atoms with Crippen LogP contribution in [0, 0.1) is 0 Å². The number of hydrogen-bond donors (Lipinski definition) is 5. The summed E-state index contributed by atoms with van der Waals surface area (Å²) in [5.41, 5.74) is 8.26. The molecule has 1 fully saturated rings. The molecular formula is C20H24N8O3. The highest BCUT2D eigenvalue weighted by Gasteiger charge is 2.27. The number of carbonyl (C=O) groups excluding carboxylic acids is 1. The molecule has 3 aromatic rings. The maximum atomic E-state index is 11.9. The average molecular weight is 424 g/mol. The van der Waals surface area contributed by atoms with Crippen LogP contribution in [0.2, 0.25) is 0 Å². The Labute approximate surface area is 178 Å². The number of nitrogens with zero attached hydrogens (tertiary/aromatic N) is 4. The molecule has 1 saturated carbocycles. The fourth-order valence-electron chi connectivity index (χ4n) is 3.97. The molecule has 4 rings (SSSR count). The van der Waals surface area contributed by atoms with Gasteiger partial charge < -0.3 is 31.4 Å². The van der Waals surface area contributed by atoms with Crippen LogP contribution in [-0.2, 0) is 7.05 Å². The zero-order chi connectivity index (χ0) is 22.0. The van der Waals surface area contributed by atoms with E-state index in [1.807, 2.05) is 29.8 Å². The second-order valence-corrected chi connectivity index (χ2v) is 7.60. The Morgan fingerprint density at radius 3 is 2.68 bits per heavy atom. The van der Waals surface area contributed by atoms with Crippen LogP contribution in [0.25, 0.3) is 11.0 Å². The largest absolute Gasteiger partial charge is 0.465 e. The third-order valence-corrected chi connectivity index (χ3v) is 5.46. The zero-order valence-electron chi connectivity index (χ0n) is 17.0. The quantitative estimate of drug-likeness (QED) is 0.402. The van der Waals surface area contributed by atoms with E-state index < -0.39 is 12.0 Å². The van der Waals surface area contributed by atoms with Crippen LogP contribution < -0.4 is 21.7 Å². The molecule has 2 heterocycles. The molecule has 162 valence electrons. The summed E-state index contributed by atoms with van der Waals surface area (Å²) >= 11 is 0. The van der Waals surface area contributed by atoms with Gasteiger partial charge in [0.2, 0.25) is 0 Å². The summed E-state index contributed by atoms with van der Waals surface area (Å²) in [5, 5.41) is 26.2. The smallest absolute Gasteiger partial charge is 0.404 e. The molecule has 0 saturated heterocycles. The molecular weight excluding hydrogens is 400 g/mol. The molecule has 6 N–H and O–H groups in total. The first kappa shape index (κ1) is 20.4. The van der Waals surface area contributed by atoms with E-state index in [9.17, 15) is 9.59 Å². The van der Waals surface area contributed by atoms with Crippen LogP contribution in [0.1, 0.15) is 36.2 Å². The number of amides is 2. The molecule has 1 aliphatic rings. The summed E-state index contributed by atoms with van der Waals surface area (Å²) in [6.45, 7) is 0. The van der Waals surface area contributed by atoms with Gasteiger partial charge in [-0.05, 0) is 25.0 Å². The Bertz CT molecular complexity index is 1130. The van der Waals surface area contributed by atoms with Crippen LogP contribution in [0.3, 0.4) is 0 Å². The third kappa shape index (κ3) is 4.34. The first-order chi connectivity index (χ1) is 14.9. The summed E-state index contributed by atoms with van der Waals surface area (Å²) < 4.78 is 1.89. The summed E-state index contributed by atoms with van der Waals surface area (Å²) in [7, 11) is 1.90. The van der Waals surface area contributed by atoms with Crippen molar-refractivity contribution in [1.82, 2.24) is 25.1 Å². The number of aromatic nitrogens is 4. The molecule has 2 aromatic heterocycles. The lowest BCUT2D eigenvalue weighted by Gasteiger charge is -2.32. The molecule has 1 aromatic carbocycles. The van der Waals surface area contributed by atoms with E-state index in [0.717, 1.165) is 36.7 Å². The highest BCUT2D eigenvalue weighted by atomic mass is 16.4. The lowest BCUT2D eigenvalue weighted by Crippen LogP contribution is -2.48. The number of primary amides is 1. The Morgan fingerprint density at radius 1 is 1.16 bits per heavy atom. The monoisotopic (exact) mass is 424 g/mol. The van der Waals surface area contributed by atoms with Gasteiger partial charge in [-0.15, -0.1) is 10.2 Å². The SMILES string of the molecule is Cn1cnc2c(Nc3cc(N[C@@H]4CCCC[C@@H]4NC(=O)O)nnc3C(N)=O)cccc21. The number of imidazole rings is 1.